The second-order valence-corrected chi connectivity index (χ2v) is 4.98. The molecule has 0 saturated carbocycles. The van der Waals surface area contributed by atoms with Crippen molar-refractivity contribution in [3.05, 3.63) is 52.5 Å². The molecular weight excluding hydrogens is 322 g/mol. The number of anilines is 1. The molecule has 0 aliphatic heterocycles. The van der Waals surface area contributed by atoms with Crippen LogP contribution < -0.4 is 5.43 Å². The summed E-state index contributed by atoms with van der Waals surface area (Å²) in [5.74, 6) is 0.149. The summed E-state index contributed by atoms with van der Waals surface area (Å²) in [4.78, 5) is 4.22. The van der Waals surface area contributed by atoms with E-state index in [0.29, 0.717) is 17.2 Å². The lowest BCUT2D eigenvalue weighted by molar-refractivity contribution is 0.474. The van der Waals surface area contributed by atoms with Crippen LogP contribution in [-0.4, -0.2) is 16.3 Å². The second-order valence-electron chi connectivity index (χ2n) is 4.06. The monoisotopic (exact) mass is 331 g/mol. The fourth-order valence-electron chi connectivity index (χ4n) is 1.71. The fraction of sp³-hybridized carbons (Fsp3) is 0. The first-order chi connectivity index (χ1) is 9.72. The smallest absolute Gasteiger partial charge is 0.316 e. The highest BCUT2D eigenvalue weighted by molar-refractivity contribution is 9.10. The third kappa shape index (κ3) is 2.65. The minimum Gasteiger partial charge on any atom is -0.507 e. The van der Waals surface area contributed by atoms with Crippen molar-refractivity contribution in [3.8, 4) is 5.75 Å². The fourth-order valence-corrected chi connectivity index (χ4v) is 2.08. The third-order valence-corrected chi connectivity index (χ3v) is 3.14. The minimum atomic E-state index is 0.149. The molecule has 2 N–H and O–H groups in total. The van der Waals surface area contributed by atoms with Gasteiger partial charge in [-0.15, -0.1) is 0 Å². The van der Waals surface area contributed by atoms with Gasteiger partial charge >= 0.3 is 6.01 Å². The number of rotatable bonds is 3. The van der Waals surface area contributed by atoms with Crippen LogP contribution in [0.3, 0.4) is 0 Å². The standard InChI is InChI=1S/C14H10BrN3O2/c15-10-5-6-12(19)9(7-10)8-16-18-14-17-11-3-1-2-4-13(11)20-14/h1-8,19H,(H,17,18). The van der Waals surface area contributed by atoms with Crippen LogP contribution in [0.2, 0.25) is 0 Å². The number of nitrogens with zero attached hydrogens (tertiary/aromatic N) is 2. The molecule has 0 radical (unpaired) electrons. The van der Waals surface area contributed by atoms with Gasteiger partial charge in [-0.2, -0.15) is 10.1 Å². The summed E-state index contributed by atoms with van der Waals surface area (Å²) in [5, 5.41) is 13.7. The summed E-state index contributed by atoms with van der Waals surface area (Å²) in [6, 6.07) is 12.8. The summed E-state index contributed by atoms with van der Waals surface area (Å²) in [6.07, 6.45) is 1.50. The van der Waals surface area contributed by atoms with Crippen molar-refractivity contribution in [1.82, 2.24) is 4.98 Å². The van der Waals surface area contributed by atoms with Gasteiger partial charge in [0.15, 0.2) is 5.58 Å². The Kier molecular flexibility index (Phi) is 3.39. The third-order valence-electron chi connectivity index (χ3n) is 2.65. The number of nitrogens with one attached hydrogen (secondary N) is 1. The largest absolute Gasteiger partial charge is 0.507 e. The molecule has 0 fully saturated rings. The number of para-hydroxylation sites is 2. The van der Waals surface area contributed by atoms with Gasteiger partial charge < -0.3 is 9.52 Å². The van der Waals surface area contributed by atoms with Gasteiger partial charge in [0, 0.05) is 10.0 Å². The summed E-state index contributed by atoms with van der Waals surface area (Å²) >= 11 is 3.33. The number of hydrazone groups is 1. The molecule has 100 valence electrons. The van der Waals surface area contributed by atoms with E-state index >= 15 is 0 Å². The molecule has 20 heavy (non-hydrogen) atoms. The van der Waals surface area contributed by atoms with Crippen molar-refractivity contribution in [2.45, 2.75) is 0 Å². The molecule has 5 nitrogen and oxygen atoms in total. The molecule has 0 saturated heterocycles. The summed E-state index contributed by atoms with van der Waals surface area (Å²) < 4.78 is 6.31. The Morgan fingerprint density at radius 3 is 2.95 bits per heavy atom. The molecular formula is C14H10BrN3O2. The van der Waals surface area contributed by atoms with Gasteiger partial charge in [0.05, 0.1) is 6.21 Å². The van der Waals surface area contributed by atoms with Crippen molar-refractivity contribution in [2.24, 2.45) is 5.10 Å². The van der Waals surface area contributed by atoms with Crippen molar-refractivity contribution in [1.29, 1.82) is 0 Å². The number of halogens is 1. The maximum Gasteiger partial charge on any atom is 0.316 e. The Morgan fingerprint density at radius 2 is 2.10 bits per heavy atom. The van der Waals surface area contributed by atoms with Crippen LogP contribution in [0.5, 0.6) is 5.75 Å². The summed E-state index contributed by atoms with van der Waals surface area (Å²) in [5.41, 5.74) is 4.73. The van der Waals surface area contributed by atoms with E-state index in [1.54, 1.807) is 18.2 Å². The van der Waals surface area contributed by atoms with E-state index in [0.717, 1.165) is 9.99 Å². The van der Waals surface area contributed by atoms with E-state index in [-0.39, 0.29) is 5.75 Å². The number of aromatic hydroxyl groups is 1. The number of benzene rings is 2. The van der Waals surface area contributed by atoms with E-state index < -0.39 is 0 Å². The van der Waals surface area contributed by atoms with Crippen LogP contribution in [0.4, 0.5) is 6.01 Å². The Labute approximate surface area is 123 Å². The first-order valence-electron chi connectivity index (χ1n) is 5.85. The van der Waals surface area contributed by atoms with Gasteiger partial charge in [-0.3, -0.25) is 0 Å². The van der Waals surface area contributed by atoms with E-state index in [9.17, 15) is 5.11 Å². The SMILES string of the molecule is Oc1ccc(Br)cc1C=NNc1nc2ccccc2o1. The first-order valence-corrected chi connectivity index (χ1v) is 6.65. The first kappa shape index (κ1) is 12.7. The van der Waals surface area contributed by atoms with Crippen LogP contribution in [0, 0.1) is 0 Å². The molecule has 6 heteroatoms. The second kappa shape index (κ2) is 5.34. The Bertz CT molecular complexity index is 750. The zero-order valence-electron chi connectivity index (χ0n) is 10.2. The van der Waals surface area contributed by atoms with Crippen LogP contribution in [0.1, 0.15) is 5.56 Å². The number of hydrogen-bond acceptors (Lipinski definition) is 5. The topological polar surface area (TPSA) is 70.7 Å². The van der Waals surface area contributed by atoms with Crippen molar-refractivity contribution >= 4 is 39.3 Å². The highest BCUT2D eigenvalue weighted by Gasteiger charge is 2.03. The highest BCUT2D eigenvalue weighted by Crippen LogP contribution is 2.21. The summed E-state index contributed by atoms with van der Waals surface area (Å²) in [7, 11) is 0. The average molecular weight is 332 g/mol. The zero-order valence-corrected chi connectivity index (χ0v) is 11.8. The highest BCUT2D eigenvalue weighted by atomic mass is 79.9. The molecule has 0 amide bonds. The molecule has 3 aromatic rings. The Hall–Kier alpha value is -2.34. The molecule has 2 aromatic carbocycles. The summed E-state index contributed by atoms with van der Waals surface area (Å²) in [6.45, 7) is 0. The predicted molar refractivity (Wildman–Crippen MR) is 81.0 cm³/mol. The quantitative estimate of drug-likeness (QED) is 0.566. The number of hydrogen-bond donors (Lipinski definition) is 2. The lowest BCUT2D eigenvalue weighted by atomic mass is 10.2. The van der Waals surface area contributed by atoms with Crippen molar-refractivity contribution in [2.75, 3.05) is 5.43 Å². The van der Waals surface area contributed by atoms with Gasteiger partial charge in [0.25, 0.3) is 0 Å². The molecule has 0 atom stereocenters. The number of phenolic OH excluding ortho intramolecular Hbond substituents is 1. The average Bonchev–Trinajstić information content (AvgIpc) is 2.85. The van der Waals surface area contributed by atoms with Crippen LogP contribution in [0.25, 0.3) is 11.1 Å². The number of fused-ring (bicyclic) bond motifs is 1. The van der Waals surface area contributed by atoms with E-state index in [2.05, 4.69) is 31.4 Å². The predicted octanol–water partition coefficient (Wildman–Crippen LogP) is 3.74. The van der Waals surface area contributed by atoms with Crippen LogP contribution in [0.15, 0.2) is 56.5 Å². The molecule has 0 unspecified atom stereocenters. The molecule has 1 heterocycles. The molecule has 0 bridgehead atoms. The molecule has 3 rings (SSSR count). The van der Waals surface area contributed by atoms with E-state index in [4.69, 9.17) is 4.42 Å². The van der Waals surface area contributed by atoms with Gasteiger partial charge in [-0.05, 0) is 30.3 Å². The molecule has 0 spiro atoms. The molecule has 0 aliphatic rings. The number of oxazole rings is 1. The normalized spacial score (nSPS) is 11.2. The van der Waals surface area contributed by atoms with Gasteiger partial charge in [-0.25, -0.2) is 5.43 Å². The minimum absolute atomic E-state index is 0.149. The molecule has 1 aromatic heterocycles. The maximum absolute atomic E-state index is 9.67. The lowest BCUT2D eigenvalue weighted by Crippen LogP contribution is -1.91. The molecule has 0 aliphatic carbocycles. The van der Waals surface area contributed by atoms with Gasteiger partial charge in [-0.1, -0.05) is 28.1 Å². The van der Waals surface area contributed by atoms with Crippen LogP contribution >= 0.6 is 15.9 Å². The van der Waals surface area contributed by atoms with Gasteiger partial charge in [0.2, 0.25) is 0 Å². The van der Waals surface area contributed by atoms with Crippen molar-refractivity contribution < 1.29 is 9.52 Å². The van der Waals surface area contributed by atoms with Gasteiger partial charge in [0.1, 0.15) is 11.3 Å². The van der Waals surface area contributed by atoms with Crippen LogP contribution in [-0.2, 0) is 0 Å². The lowest BCUT2D eigenvalue weighted by Gasteiger charge is -1.98. The Balaban J connectivity index is 1.78. The number of phenols is 1. The zero-order chi connectivity index (χ0) is 13.9. The van der Waals surface area contributed by atoms with E-state index in [1.165, 1.54) is 6.21 Å². The Morgan fingerprint density at radius 1 is 1.25 bits per heavy atom. The van der Waals surface area contributed by atoms with E-state index in [1.807, 2.05) is 24.3 Å². The maximum atomic E-state index is 9.67. The van der Waals surface area contributed by atoms with Crippen molar-refractivity contribution in [3.63, 3.8) is 0 Å². The number of aromatic nitrogens is 1.